The fourth-order valence-electron chi connectivity index (χ4n) is 2.42. The van der Waals surface area contributed by atoms with Crippen molar-refractivity contribution in [3.05, 3.63) is 83.3 Å². The minimum absolute atomic E-state index is 0.262. The molecule has 0 aliphatic carbocycles. The van der Waals surface area contributed by atoms with Gasteiger partial charge in [-0.15, -0.1) is 0 Å². The third-order valence-corrected chi connectivity index (χ3v) is 3.93. The summed E-state index contributed by atoms with van der Waals surface area (Å²) in [5.74, 6) is -1.61. The molecule has 0 aromatic heterocycles. The molecule has 1 aromatic rings. The molecule has 140 valence electrons. The quantitative estimate of drug-likeness (QED) is 0.406. The van der Waals surface area contributed by atoms with E-state index in [9.17, 15) is 20.3 Å². The van der Waals surface area contributed by atoms with Crippen molar-refractivity contribution in [1.82, 2.24) is 0 Å². The molecule has 0 saturated carbocycles. The number of nitrogens with zero attached hydrogens (tertiary/aromatic N) is 2. The molecule has 0 aliphatic rings. The van der Waals surface area contributed by atoms with Gasteiger partial charge in [-0.05, 0) is 62.3 Å². The molecule has 1 aromatic carbocycles. The topological polar surface area (TPSA) is 84.6 Å². The number of benzene rings is 1. The van der Waals surface area contributed by atoms with Gasteiger partial charge in [-0.3, -0.25) is 0 Å². The van der Waals surface area contributed by atoms with Crippen molar-refractivity contribution < 1.29 is 15.0 Å². The lowest BCUT2D eigenvalue weighted by molar-refractivity contribution is -0.132. The summed E-state index contributed by atoms with van der Waals surface area (Å²) in [6, 6.07) is 7.34. The molecule has 0 amide bonds. The van der Waals surface area contributed by atoms with Gasteiger partial charge in [0.1, 0.15) is 17.4 Å². The summed E-state index contributed by atoms with van der Waals surface area (Å²) in [6.45, 7) is 13.1. The summed E-state index contributed by atoms with van der Waals surface area (Å²) in [4.78, 5) is 13.2. The van der Waals surface area contributed by atoms with Gasteiger partial charge in [0, 0.05) is 12.7 Å². The number of hydrogen-bond donors (Lipinski definition) is 2. The first-order valence-electron chi connectivity index (χ1n) is 8.24. The summed E-state index contributed by atoms with van der Waals surface area (Å²) in [5.41, 5.74) is 3.67. The van der Waals surface area contributed by atoms with Gasteiger partial charge in [-0.1, -0.05) is 24.8 Å². The largest absolute Gasteiger partial charge is 0.507 e. The summed E-state index contributed by atoms with van der Waals surface area (Å²) in [5, 5.41) is 28.5. The Morgan fingerprint density at radius 1 is 1.22 bits per heavy atom. The van der Waals surface area contributed by atoms with Crippen LogP contribution in [0, 0.1) is 11.3 Å². The smallest absolute Gasteiger partial charge is 0.339 e. The molecule has 5 heteroatoms. The zero-order valence-corrected chi connectivity index (χ0v) is 16.1. The van der Waals surface area contributed by atoms with E-state index in [1.807, 2.05) is 31.9 Å². The maximum absolute atomic E-state index is 11.3. The van der Waals surface area contributed by atoms with Crippen LogP contribution in [0.3, 0.4) is 0 Å². The van der Waals surface area contributed by atoms with Gasteiger partial charge in [-0.25, -0.2) is 4.79 Å². The van der Waals surface area contributed by atoms with Gasteiger partial charge in [0.25, 0.3) is 0 Å². The second-order valence-electron chi connectivity index (χ2n) is 6.10. The summed E-state index contributed by atoms with van der Waals surface area (Å²) >= 11 is 0. The SMILES string of the molecule is C=C(C)/C=C(/C)N(C)c1ccc(C(=C)/C=C(C(=O)O)\C(O)=C/C)cc1C#N. The number of carboxylic acids is 1. The van der Waals surface area contributed by atoms with Crippen molar-refractivity contribution in [2.45, 2.75) is 20.8 Å². The fourth-order valence-corrected chi connectivity index (χ4v) is 2.42. The standard InChI is InChI=1S/C22H24N2O3/c1-7-21(25)19(22(26)27)11-15(4)17-8-9-20(18(12-17)13-23)24(6)16(5)10-14(2)3/h7-12,25H,2,4H2,1,3,5-6H3,(H,26,27)/b16-10-,19-11+,21-7+. The van der Waals surface area contributed by atoms with Crippen molar-refractivity contribution >= 4 is 17.2 Å². The van der Waals surface area contributed by atoms with Gasteiger partial charge in [0.05, 0.1) is 11.3 Å². The monoisotopic (exact) mass is 364 g/mol. The van der Waals surface area contributed by atoms with Crippen LogP contribution < -0.4 is 4.90 Å². The second kappa shape index (κ2) is 9.25. The predicted octanol–water partition coefficient (Wildman–Crippen LogP) is 4.96. The zero-order valence-electron chi connectivity index (χ0n) is 16.1. The van der Waals surface area contributed by atoms with Crippen LogP contribution in [0.4, 0.5) is 5.69 Å². The third-order valence-electron chi connectivity index (χ3n) is 3.93. The van der Waals surface area contributed by atoms with Gasteiger partial charge >= 0.3 is 5.97 Å². The number of carboxylic acid groups (broad SMARTS) is 1. The molecule has 0 unspecified atom stereocenters. The number of hydrogen-bond acceptors (Lipinski definition) is 4. The Morgan fingerprint density at radius 2 is 1.85 bits per heavy atom. The van der Waals surface area contributed by atoms with Crippen LogP contribution in [0.5, 0.6) is 0 Å². The minimum Gasteiger partial charge on any atom is -0.507 e. The number of aliphatic carboxylic acids is 1. The Hall–Kier alpha value is -3.52. The number of aliphatic hydroxyl groups excluding tert-OH is 1. The molecular formula is C22H24N2O3. The van der Waals surface area contributed by atoms with Gasteiger partial charge in [0.2, 0.25) is 0 Å². The van der Waals surface area contributed by atoms with Crippen LogP contribution >= 0.6 is 0 Å². The molecular weight excluding hydrogens is 340 g/mol. The third kappa shape index (κ3) is 5.48. The molecule has 0 spiro atoms. The number of aliphatic hydroxyl groups is 1. The van der Waals surface area contributed by atoms with Crippen LogP contribution in [0.1, 0.15) is 31.9 Å². The molecule has 0 heterocycles. The maximum atomic E-state index is 11.3. The van der Waals surface area contributed by atoms with E-state index >= 15 is 0 Å². The number of anilines is 1. The Labute approximate surface area is 160 Å². The van der Waals surface area contributed by atoms with Crippen molar-refractivity contribution in [3.63, 3.8) is 0 Å². The van der Waals surface area contributed by atoms with E-state index in [0.29, 0.717) is 22.4 Å². The molecule has 0 atom stereocenters. The fraction of sp³-hybridized carbons (Fsp3) is 0.182. The average Bonchev–Trinajstić information content (AvgIpc) is 2.63. The molecule has 0 bridgehead atoms. The van der Waals surface area contributed by atoms with E-state index in [1.54, 1.807) is 18.2 Å². The Bertz CT molecular complexity index is 912. The van der Waals surface area contributed by atoms with Crippen LogP contribution in [0.25, 0.3) is 5.57 Å². The van der Waals surface area contributed by atoms with Gasteiger partial charge in [0.15, 0.2) is 0 Å². The molecule has 0 radical (unpaired) electrons. The molecule has 5 nitrogen and oxygen atoms in total. The number of rotatable bonds is 7. The lowest BCUT2D eigenvalue weighted by atomic mass is 10.00. The highest BCUT2D eigenvalue weighted by Gasteiger charge is 2.14. The molecule has 0 aliphatic heterocycles. The maximum Gasteiger partial charge on any atom is 0.339 e. The molecule has 2 N–H and O–H groups in total. The van der Waals surface area contributed by atoms with Crippen molar-refractivity contribution in [3.8, 4) is 6.07 Å². The van der Waals surface area contributed by atoms with Crippen LogP contribution in [-0.2, 0) is 4.79 Å². The summed E-state index contributed by atoms with van der Waals surface area (Å²) in [6.07, 6.45) is 4.49. The summed E-state index contributed by atoms with van der Waals surface area (Å²) in [7, 11) is 1.85. The van der Waals surface area contributed by atoms with E-state index in [-0.39, 0.29) is 11.3 Å². The number of nitriles is 1. The molecule has 0 saturated heterocycles. The first-order chi connectivity index (χ1) is 12.6. The van der Waals surface area contributed by atoms with Crippen LogP contribution in [0.15, 0.2) is 72.2 Å². The predicted molar refractivity (Wildman–Crippen MR) is 109 cm³/mol. The normalized spacial score (nSPS) is 12.3. The van der Waals surface area contributed by atoms with E-state index in [0.717, 1.165) is 11.3 Å². The number of allylic oxidation sites excluding steroid dienone is 6. The van der Waals surface area contributed by atoms with Crippen molar-refractivity contribution in [2.75, 3.05) is 11.9 Å². The van der Waals surface area contributed by atoms with E-state index in [1.165, 1.54) is 19.1 Å². The van der Waals surface area contributed by atoms with Gasteiger partial charge in [-0.2, -0.15) is 5.26 Å². The van der Waals surface area contributed by atoms with E-state index in [4.69, 9.17) is 0 Å². The molecule has 1 rings (SSSR count). The van der Waals surface area contributed by atoms with Crippen LogP contribution in [-0.4, -0.2) is 23.2 Å². The molecule has 0 fully saturated rings. The lowest BCUT2D eigenvalue weighted by Crippen LogP contribution is -2.15. The average molecular weight is 364 g/mol. The van der Waals surface area contributed by atoms with Crippen molar-refractivity contribution in [2.24, 2.45) is 0 Å². The van der Waals surface area contributed by atoms with Crippen molar-refractivity contribution in [1.29, 1.82) is 5.26 Å². The van der Waals surface area contributed by atoms with Gasteiger partial charge < -0.3 is 15.1 Å². The number of carbonyl (C=O) groups is 1. The minimum atomic E-state index is -1.26. The highest BCUT2D eigenvalue weighted by atomic mass is 16.4. The first-order valence-corrected chi connectivity index (χ1v) is 8.24. The second-order valence-corrected chi connectivity index (χ2v) is 6.10. The first kappa shape index (κ1) is 21.5. The van der Waals surface area contributed by atoms with E-state index < -0.39 is 5.97 Å². The van der Waals surface area contributed by atoms with Crippen LogP contribution in [0.2, 0.25) is 0 Å². The zero-order chi connectivity index (χ0) is 20.7. The molecule has 27 heavy (non-hydrogen) atoms. The van der Waals surface area contributed by atoms with E-state index in [2.05, 4.69) is 19.2 Å². The lowest BCUT2D eigenvalue weighted by Gasteiger charge is -2.22. The Kier molecular flexibility index (Phi) is 7.38. The highest BCUT2D eigenvalue weighted by Crippen LogP contribution is 2.27. The summed E-state index contributed by atoms with van der Waals surface area (Å²) < 4.78 is 0. The highest BCUT2D eigenvalue weighted by molar-refractivity contribution is 5.95. The Morgan fingerprint density at radius 3 is 2.33 bits per heavy atom. The Balaban J connectivity index is 3.35.